The Balaban J connectivity index is 1.79. The van der Waals surface area contributed by atoms with Crippen LogP contribution in [0, 0.1) is 6.92 Å². The van der Waals surface area contributed by atoms with Crippen molar-refractivity contribution < 1.29 is 18.0 Å². The van der Waals surface area contributed by atoms with Crippen LogP contribution in [0.3, 0.4) is 0 Å². The number of rotatable bonds is 12. The number of hydrogen-bond acceptors (Lipinski definition) is 4. The van der Waals surface area contributed by atoms with Crippen molar-refractivity contribution >= 4 is 55.1 Å². The molecule has 0 saturated heterocycles. The van der Waals surface area contributed by atoms with Crippen molar-refractivity contribution in [3.8, 4) is 0 Å². The Morgan fingerprint density at radius 1 is 0.841 bits per heavy atom. The van der Waals surface area contributed by atoms with E-state index < -0.39 is 28.5 Å². The molecule has 0 radical (unpaired) electrons. The summed E-state index contributed by atoms with van der Waals surface area (Å²) in [5.74, 6) is -0.845. The highest BCUT2D eigenvalue weighted by molar-refractivity contribution is 9.10. The zero-order valence-corrected chi connectivity index (χ0v) is 27.9. The van der Waals surface area contributed by atoms with E-state index in [1.54, 1.807) is 24.3 Å². The van der Waals surface area contributed by atoms with Crippen molar-refractivity contribution in [1.29, 1.82) is 0 Å². The highest BCUT2D eigenvalue weighted by Crippen LogP contribution is 2.26. The van der Waals surface area contributed by atoms with Gasteiger partial charge >= 0.3 is 0 Å². The number of sulfonamides is 1. The van der Waals surface area contributed by atoms with E-state index in [0.717, 1.165) is 25.5 Å². The van der Waals surface area contributed by atoms with Crippen LogP contribution in [-0.4, -0.2) is 43.8 Å². The summed E-state index contributed by atoms with van der Waals surface area (Å²) >= 11 is 9.50. The smallest absolute Gasteiger partial charge is 0.264 e. The molecule has 4 aromatic carbocycles. The molecule has 4 rings (SSSR count). The fourth-order valence-electron chi connectivity index (χ4n) is 4.69. The predicted molar refractivity (Wildman–Crippen MR) is 179 cm³/mol. The average molecular weight is 697 g/mol. The van der Waals surface area contributed by atoms with Gasteiger partial charge in [0.2, 0.25) is 11.8 Å². The van der Waals surface area contributed by atoms with Gasteiger partial charge < -0.3 is 10.2 Å². The molecule has 0 fully saturated rings. The van der Waals surface area contributed by atoms with Crippen LogP contribution in [0.4, 0.5) is 5.69 Å². The van der Waals surface area contributed by atoms with Crippen molar-refractivity contribution in [2.45, 2.75) is 50.7 Å². The number of hydrogen-bond donors (Lipinski definition) is 1. The number of benzene rings is 4. The van der Waals surface area contributed by atoms with Crippen LogP contribution < -0.4 is 9.62 Å². The van der Waals surface area contributed by atoms with Crippen LogP contribution in [0.5, 0.6) is 0 Å². The normalized spacial score (nSPS) is 12.0. The monoisotopic (exact) mass is 695 g/mol. The number of carbonyl (C=O) groups is 2. The van der Waals surface area contributed by atoms with E-state index >= 15 is 0 Å². The summed E-state index contributed by atoms with van der Waals surface area (Å²) in [5.41, 5.74) is 2.93. The Hall–Kier alpha value is -3.66. The first kappa shape index (κ1) is 33.2. The summed E-state index contributed by atoms with van der Waals surface area (Å²) in [6.45, 7) is 5.18. The van der Waals surface area contributed by atoms with Gasteiger partial charge in [-0.25, -0.2) is 8.42 Å². The molecular formula is C34H35BrClN3O4S. The summed E-state index contributed by atoms with van der Waals surface area (Å²) in [6, 6.07) is 28.6. The SMILES string of the molecule is Cc1ccc(N(CC(=O)N(Cc2ccc(Br)cc2)C(Cc2ccccc2)C(=O)NC(C)C)S(=O)(=O)c2ccc(Cl)cc2)cc1. The second-order valence-corrected chi connectivity index (χ2v) is 14.0. The minimum atomic E-state index is -4.19. The fraction of sp³-hybridized carbons (Fsp3) is 0.235. The summed E-state index contributed by atoms with van der Waals surface area (Å²) in [4.78, 5) is 29.6. The van der Waals surface area contributed by atoms with Gasteiger partial charge in [0.05, 0.1) is 10.6 Å². The molecule has 4 aromatic rings. The molecule has 1 unspecified atom stereocenters. The zero-order chi connectivity index (χ0) is 31.9. The second-order valence-electron chi connectivity index (χ2n) is 10.8. The molecule has 10 heteroatoms. The van der Waals surface area contributed by atoms with Crippen molar-refractivity contribution in [2.75, 3.05) is 10.8 Å². The van der Waals surface area contributed by atoms with Crippen molar-refractivity contribution in [1.82, 2.24) is 10.2 Å². The molecule has 0 aliphatic rings. The third-order valence-electron chi connectivity index (χ3n) is 6.97. The summed E-state index contributed by atoms with van der Waals surface area (Å²) < 4.78 is 30.1. The molecule has 0 aliphatic carbocycles. The van der Waals surface area contributed by atoms with Gasteiger partial charge in [-0.3, -0.25) is 13.9 Å². The van der Waals surface area contributed by atoms with Crippen molar-refractivity contribution in [2.24, 2.45) is 0 Å². The third kappa shape index (κ3) is 8.71. The van der Waals surface area contributed by atoms with E-state index in [0.29, 0.717) is 10.7 Å². The maximum absolute atomic E-state index is 14.4. The maximum atomic E-state index is 14.4. The maximum Gasteiger partial charge on any atom is 0.264 e. The van der Waals surface area contributed by atoms with Crippen LogP contribution in [0.15, 0.2) is 112 Å². The lowest BCUT2D eigenvalue weighted by Gasteiger charge is -2.34. The molecular weight excluding hydrogens is 662 g/mol. The number of aryl methyl sites for hydroxylation is 1. The Kier molecular flexibility index (Phi) is 11.2. The molecule has 0 spiro atoms. The van der Waals surface area contributed by atoms with Crippen LogP contribution in [0.25, 0.3) is 0 Å². The molecule has 1 N–H and O–H groups in total. The number of nitrogens with zero attached hydrogens (tertiary/aromatic N) is 2. The lowest BCUT2D eigenvalue weighted by Crippen LogP contribution is -2.54. The van der Waals surface area contributed by atoms with E-state index in [4.69, 9.17) is 11.6 Å². The number of anilines is 1. The number of halogens is 2. The third-order valence-corrected chi connectivity index (χ3v) is 9.54. The molecule has 0 saturated carbocycles. The lowest BCUT2D eigenvalue weighted by molar-refractivity contribution is -0.140. The van der Waals surface area contributed by atoms with Gasteiger partial charge in [-0.15, -0.1) is 0 Å². The number of amides is 2. The molecule has 0 aliphatic heterocycles. The number of carbonyl (C=O) groups excluding carboxylic acids is 2. The Labute approximate surface area is 273 Å². The molecule has 0 heterocycles. The number of nitrogens with one attached hydrogen (secondary N) is 1. The van der Waals surface area contributed by atoms with Gasteiger partial charge in [0.1, 0.15) is 12.6 Å². The first-order valence-corrected chi connectivity index (χ1v) is 16.8. The average Bonchev–Trinajstić information content (AvgIpc) is 2.99. The standard InChI is InChI=1S/C34H35BrClN3O4S/c1-24(2)37-34(41)32(21-26-7-5-4-6-8-26)38(22-27-11-13-28(35)14-12-27)33(40)23-39(30-17-9-25(3)10-18-30)44(42,43)31-19-15-29(36)16-20-31/h4-20,24,32H,21-23H2,1-3H3,(H,37,41). The van der Waals surface area contributed by atoms with Crippen LogP contribution in [0.2, 0.25) is 5.02 Å². The van der Waals surface area contributed by atoms with Crippen LogP contribution in [0.1, 0.15) is 30.5 Å². The molecule has 44 heavy (non-hydrogen) atoms. The van der Waals surface area contributed by atoms with Crippen molar-refractivity contribution in [3.05, 3.63) is 129 Å². The first-order chi connectivity index (χ1) is 20.9. The van der Waals surface area contributed by atoms with E-state index in [9.17, 15) is 18.0 Å². The predicted octanol–water partition coefficient (Wildman–Crippen LogP) is 6.77. The van der Waals surface area contributed by atoms with Gasteiger partial charge in [-0.05, 0) is 80.4 Å². The van der Waals surface area contributed by atoms with E-state index in [1.807, 2.05) is 75.4 Å². The Morgan fingerprint density at radius 2 is 1.45 bits per heavy atom. The molecule has 0 bridgehead atoms. The Morgan fingerprint density at radius 3 is 2.05 bits per heavy atom. The quantitative estimate of drug-likeness (QED) is 0.177. The van der Waals surface area contributed by atoms with Crippen LogP contribution in [-0.2, 0) is 32.6 Å². The molecule has 1 atom stereocenters. The van der Waals surface area contributed by atoms with Gasteiger partial charge in [0.15, 0.2) is 0 Å². The van der Waals surface area contributed by atoms with E-state index in [1.165, 1.54) is 29.2 Å². The fourth-order valence-corrected chi connectivity index (χ4v) is 6.50. The largest absolute Gasteiger partial charge is 0.352 e. The molecule has 230 valence electrons. The van der Waals surface area contributed by atoms with E-state index in [2.05, 4.69) is 21.2 Å². The highest BCUT2D eigenvalue weighted by atomic mass is 79.9. The summed E-state index contributed by atoms with van der Waals surface area (Å²) in [5, 5.41) is 3.35. The van der Waals surface area contributed by atoms with Gasteiger partial charge in [-0.2, -0.15) is 0 Å². The van der Waals surface area contributed by atoms with Gasteiger partial charge in [-0.1, -0.05) is 87.7 Å². The highest BCUT2D eigenvalue weighted by Gasteiger charge is 2.34. The lowest BCUT2D eigenvalue weighted by atomic mass is 10.0. The van der Waals surface area contributed by atoms with Gasteiger partial charge in [0.25, 0.3) is 10.0 Å². The minimum absolute atomic E-state index is 0.00637. The molecule has 0 aromatic heterocycles. The summed E-state index contributed by atoms with van der Waals surface area (Å²) in [7, 11) is -4.19. The van der Waals surface area contributed by atoms with Crippen LogP contribution >= 0.6 is 27.5 Å². The zero-order valence-electron chi connectivity index (χ0n) is 24.8. The van der Waals surface area contributed by atoms with Crippen molar-refractivity contribution in [3.63, 3.8) is 0 Å². The first-order valence-electron chi connectivity index (χ1n) is 14.2. The summed E-state index contributed by atoms with van der Waals surface area (Å²) in [6.07, 6.45) is 0.246. The molecule has 7 nitrogen and oxygen atoms in total. The van der Waals surface area contributed by atoms with Gasteiger partial charge in [0, 0.05) is 28.5 Å². The van der Waals surface area contributed by atoms with E-state index in [-0.39, 0.29) is 29.8 Å². The minimum Gasteiger partial charge on any atom is -0.352 e. The molecule has 2 amide bonds. The topological polar surface area (TPSA) is 86.8 Å². The Bertz CT molecular complexity index is 1660. The second kappa shape index (κ2) is 14.9.